The first-order valence-corrected chi connectivity index (χ1v) is 10.2. The standard InChI is InChI=1S/C20H21FN4O4S/c1-4-5-16(26)20(2)11-29-18-15(30(28)24-20)10-25(3)17(18)19(27)23-13-6-7-14(21)12(8-13)9-22/h4,6-8,10,16,24,26H,1,5,11H2,2-3H3,(H,23,27). The zero-order valence-electron chi connectivity index (χ0n) is 16.4. The molecule has 3 atom stereocenters. The number of fused-ring (bicyclic) bond motifs is 1. The highest BCUT2D eigenvalue weighted by molar-refractivity contribution is 7.83. The average Bonchev–Trinajstić information content (AvgIpc) is 2.98. The van der Waals surface area contributed by atoms with Crippen LogP contribution in [0.25, 0.3) is 0 Å². The summed E-state index contributed by atoms with van der Waals surface area (Å²) in [7, 11) is -0.151. The molecule has 0 aliphatic carbocycles. The summed E-state index contributed by atoms with van der Waals surface area (Å²) in [4.78, 5) is 13.2. The number of benzene rings is 1. The zero-order valence-corrected chi connectivity index (χ0v) is 17.3. The van der Waals surface area contributed by atoms with E-state index >= 15 is 0 Å². The Morgan fingerprint density at radius 2 is 2.37 bits per heavy atom. The van der Waals surface area contributed by atoms with Gasteiger partial charge in [-0.3, -0.25) is 4.79 Å². The molecule has 0 radical (unpaired) electrons. The Bertz CT molecular complexity index is 1080. The summed E-state index contributed by atoms with van der Waals surface area (Å²) in [5.41, 5.74) is -0.903. The van der Waals surface area contributed by atoms with Gasteiger partial charge < -0.3 is 19.7 Å². The molecule has 1 aliphatic heterocycles. The van der Waals surface area contributed by atoms with Crippen LogP contribution in [0.5, 0.6) is 5.75 Å². The highest BCUT2D eigenvalue weighted by Gasteiger charge is 2.40. The van der Waals surface area contributed by atoms with Gasteiger partial charge >= 0.3 is 0 Å². The molecule has 8 nitrogen and oxygen atoms in total. The molecule has 0 bridgehead atoms. The first kappa shape index (κ1) is 21.7. The second-order valence-corrected chi connectivity index (χ2v) is 8.34. The van der Waals surface area contributed by atoms with Crippen molar-refractivity contribution in [2.24, 2.45) is 7.05 Å². The maximum atomic E-state index is 13.5. The van der Waals surface area contributed by atoms with E-state index in [2.05, 4.69) is 16.6 Å². The number of carbonyl (C=O) groups excluding carboxylic acids is 1. The predicted octanol–water partition coefficient (Wildman–Crippen LogP) is 1.99. The highest BCUT2D eigenvalue weighted by Crippen LogP contribution is 2.34. The number of ether oxygens (including phenoxy) is 1. The molecule has 1 aromatic carbocycles. The Kier molecular flexibility index (Phi) is 6.07. The first-order valence-electron chi connectivity index (χ1n) is 9.02. The maximum Gasteiger partial charge on any atom is 0.276 e. The van der Waals surface area contributed by atoms with Crippen LogP contribution in [-0.4, -0.2) is 38.0 Å². The second kappa shape index (κ2) is 8.39. The average molecular weight is 432 g/mol. The molecule has 0 spiro atoms. The van der Waals surface area contributed by atoms with Gasteiger partial charge in [-0.05, 0) is 31.5 Å². The summed E-state index contributed by atoms with van der Waals surface area (Å²) in [6.07, 6.45) is 2.42. The van der Waals surface area contributed by atoms with E-state index in [0.717, 1.165) is 6.07 Å². The number of nitriles is 1. The van der Waals surface area contributed by atoms with Gasteiger partial charge in [-0.2, -0.15) is 5.26 Å². The van der Waals surface area contributed by atoms with Crippen molar-refractivity contribution in [1.82, 2.24) is 9.29 Å². The van der Waals surface area contributed by atoms with Crippen LogP contribution in [0.3, 0.4) is 0 Å². The van der Waals surface area contributed by atoms with E-state index in [1.807, 2.05) is 0 Å². The van der Waals surface area contributed by atoms with Crippen LogP contribution >= 0.6 is 0 Å². The number of halogens is 1. The molecule has 3 unspecified atom stereocenters. The third kappa shape index (κ3) is 4.00. The summed E-state index contributed by atoms with van der Waals surface area (Å²) in [6, 6.07) is 5.35. The van der Waals surface area contributed by atoms with Gasteiger partial charge in [-0.15, -0.1) is 6.58 Å². The Hall–Kier alpha value is -3.00. The number of anilines is 1. The molecule has 158 valence electrons. The summed E-state index contributed by atoms with van der Waals surface area (Å²) in [6.45, 7) is 5.23. The highest BCUT2D eigenvalue weighted by atomic mass is 32.2. The lowest BCUT2D eigenvalue weighted by Crippen LogP contribution is -2.55. The van der Waals surface area contributed by atoms with E-state index < -0.39 is 34.4 Å². The van der Waals surface area contributed by atoms with Gasteiger partial charge in [0, 0.05) is 18.9 Å². The summed E-state index contributed by atoms with van der Waals surface area (Å²) < 4.78 is 36.6. The number of aliphatic hydroxyl groups is 1. The second-order valence-electron chi connectivity index (χ2n) is 7.16. The minimum absolute atomic E-state index is 0.0415. The molecule has 2 heterocycles. The number of hydrogen-bond donors (Lipinski definition) is 3. The number of nitrogens with zero attached hydrogens (tertiary/aromatic N) is 2. The molecule has 2 aromatic rings. The van der Waals surface area contributed by atoms with Crippen LogP contribution in [0.15, 0.2) is 41.9 Å². The summed E-state index contributed by atoms with van der Waals surface area (Å²) >= 11 is 0. The molecule has 0 saturated heterocycles. The van der Waals surface area contributed by atoms with Crippen LogP contribution in [-0.2, 0) is 18.0 Å². The van der Waals surface area contributed by atoms with E-state index in [-0.39, 0.29) is 40.6 Å². The van der Waals surface area contributed by atoms with Gasteiger partial charge in [0.15, 0.2) is 11.4 Å². The molecule has 10 heteroatoms. The van der Waals surface area contributed by atoms with E-state index in [4.69, 9.17) is 10.00 Å². The SMILES string of the molecule is C=CCC(O)C1(C)COc2c(cn(C)c2C(=O)Nc2ccc(F)c(C#N)c2)S(=O)N1. The van der Waals surface area contributed by atoms with Crippen molar-refractivity contribution >= 4 is 22.6 Å². The lowest BCUT2D eigenvalue weighted by Gasteiger charge is -2.32. The Morgan fingerprint density at radius 3 is 3.03 bits per heavy atom. The predicted molar refractivity (Wildman–Crippen MR) is 109 cm³/mol. The van der Waals surface area contributed by atoms with Gasteiger partial charge in [0.05, 0.1) is 17.2 Å². The van der Waals surface area contributed by atoms with Crippen LogP contribution in [0.1, 0.15) is 29.4 Å². The largest absolute Gasteiger partial charge is 0.488 e. The fraction of sp³-hybridized carbons (Fsp3) is 0.300. The van der Waals surface area contributed by atoms with E-state index in [0.29, 0.717) is 0 Å². The lowest BCUT2D eigenvalue weighted by molar-refractivity contribution is 0.0549. The molecule has 0 saturated carbocycles. The van der Waals surface area contributed by atoms with E-state index in [1.165, 1.54) is 22.9 Å². The van der Waals surface area contributed by atoms with Crippen molar-refractivity contribution in [3.63, 3.8) is 0 Å². The fourth-order valence-electron chi connectivity index (χ4n) is 3.09. The number of aromatic nitrogens is 1. The molecule has 3 N–H and O–H groups in total. The number of amides is 1. The summed E-state index contributed by atoms with van der Waals surface area (Å²) in [5, 5.41) is 22.0. The minimum atomic E-state index is -1.75. The van der Waals surface area contributed by atoms with Gasteiger partial charge in [-0.25, -0.2) is 13.3 Å². The van der Waals surface area contributed by atoms with Crippen molar-refractivity contribution in [3.8, 4) is 11.8 Å². The number of aryl methyl sites for hydroxylation is 1. The Morgan fingerprint density at radius 1 is 1.63 bits per heavy atom. The zero-order chi connectivity index (χ0) is 22.1. The van der Waals surface area contributed by atoms with Crippen LogP contribution < -0.4 is 14.8 Å². The molecule has 3 rings (SSSR count). The number of nitrogens with one attached hydrogen (secondary N) is 2. The fourth-order valence-corrected chi connectivity index (χ4v) is 4.40. The molecular formula is C20H21FN4O4S. The molecule has 0 fully saturated rings. The third-order valence-corrected chi connectivity index (χ3v) is 6.17. The Labute approximate surface area is 175 Å². The maximum absolute atomic E-state index is 13.5. The van der Waals surface area contributed by atoms with Gasteiger partial charge in [-0.1, -0.05) is 6.08 Å². The van der Waals surface area contributed by atoms with Crippen LogP contribution in [0, 0.1) is 17.1 Å². The molecule has 1 aromatic heterocycles. The number of aliphatic hydroxyl groups excluding tert-OH is 1. The quantitative estimate of drug-likeness (QED) is 0.625. The monoisotopic (exact) mass is 432 g/mol. The summed E-state index contributed by atoms with van der Waals surface area (Å²) in [5.74, 6) is -1.15. The van der Waals surface area contributed by atoms with Crippen molar-refractivity contribution in [2.75, 3.05) is 11.9 Å². The van der Waals surface area contributed by atoms with Crippen molar-refractivity contribution in [1.29, 1.82) is 5.26 Å². The third-order valence-electron chi connectivity index (χ3n) is 4.83. The molecule has 1 amide bonds. The smallest absolute Gasteiger partial charge is 0.276 e. The lowest BCUT2D eigenvalue weighted by atomic mass is 9.94. The molecule has 30 heavy (non-hydrogen) atoms. The van der Waals surface area contributed by atoms with Crippen molar-refractivity contribution in [3.05, 3.63) is 54.1 Å². The van der Waals surface area contributed by atoms with E-state index in [9.17, 15) is 18.5 Å². The van der Waals surface area contributed by atoms with Crippen molar-refractivity contribution in [2.45, 2.75) is 29.9 Å². The molecular weight excluding hydrogens is 411 g/mol. The number of carbonyl (C=O) groups is 1. The van der Waals surface area contributed by atoms with E-state index in [1.54, 1.807) is 26.1 Å². The minimum Gasteiger partial charge on any atom is -0.488 e. The van der Waals surface area contributed by atoms with Gasteiger partial charge in [0.25, 0.3) is 5.91 Å². The van der Waals surface area contributed by atoms with Gasteiger partial charge in [0.1, 0.15) is 34.4 Å². The normalized spacial score (nSPS) is 21.5. The number of rotatable bonds is 5. The Balaban J connectivity index is 1.91. The van der Waals surface area contributed by atoms with Crippen LogP contribution in [0.4, 0.5) is 10.1 Å². The van der Waals surface area contributed by atoms with Crippen molar-refractivity contribution < 1.29 is 23.2 Å². The topological polar surface area (TPSA) is 116 Å². The first-order chi connectivity index (χ1) is 14.2. The van der Waals surface area contributed by atoms with Crippen LogP contribution in [0.2, 0.25) is 0 Å². The van der Waals surface area contributed by atoms with Gasteiger partial charge in [0.2, 0.25) is 0 Å². The number of hydrogen-bond acceptors (Lipinski definition) is 5. The molecule has 1 aliphatic rings.